The van der Waals surface area contributed by atoms with Gasteiger partial charge < -0.3 is 25.7 Å². The van der Waals surface area contributed by atoms with E-state index in [1.165, 1.54) is 0 Å². The molecule has 1 rings (SSSR count). The van der Waals surface area contributed by atoms with Crippen LogP contribution in [0.25, 0.3) is 0 Å². The van der Waals surface area contributed by atoms with Crippen LogP contribution in [0, 0.1) is 0 Å². The Balaban J connectivity index is 2.35. The average molecular weight is 287 g/mol. The van der Waals surface area contributed by atoms with Crippen LogP contribution in [-0.2, 0) is 9.59 Å². The number of β-amino-alcohol motifs (C(OH)–C–C–N with tert-alkyl or cyclic N) is 1. The van der Waals surface area contributed by atoms with Crippen molar-refractivity contribution in [3.05, 3.63) is 0 Å². The second kappa shape index (κ2) is 7.68. The van der Waals surface area contributed by atoms with Gasteiger partial charge in [-0.05, 0) is 6.42 Å². The molecule has 4 N–H and O–H groups in total. The Morgan fingerprint density at radius 1 is 1.25 bits per heavy atom. The van der Waals surface area contributed by atoms with Crippen molar-refractivity contribution in [2.75, 3.05) is 19.6 Å². The first kappa shape index (κ1) is 16.2. The van der Waals surface area contributed by atoms with E-state index in [0.29, 0.717) is 6.54 Å². The Bertz CT molecular complexity index is 374. The number of nitrogens with one attached hydrogen (secondary N) is 2. The van der Waals surface area contributed by atoms with E-state index in [4.69, 9.17) is 5.11 Å². The molecule has 1 heterocycles. The summed E-state index contributed by atoms with van der Waals surface area (Å²) in [6.07, 6.45) is 0.179. The minimum atomic E-state index is -1.14. The zero-order valence-corrected chi connectivity index (χ0v) is 11.5. The highest BCUT2D eigenvalue weighted by atomic mass is 16.4. The Labute approximate surface area is 117 Å². The van der Waals surface area contributed by atoms with Gasteiger partial charge in [-0.1, -0.05) is 6.92 Å². The van der Waals surface area contributed by atoms with E-state index in [2.05, 4.69) is 10.6 Å². The summed E-state index contributed by atoms with van der Waals surface area (Å²) >= 11 is 0. The number of carbonyl (C=O) groups excluding carboxylic acids is 2. The molecular formula is C12H21N3O5. The van der Waals surface area contributed by atoms with Crippen molar-refractivity contribution in [3.8, 4) is 0 Å². The van der Waals surface area contributed by atoms with Gasteiger partial charge in [-0.3, -0.25) is 4.79 Å². The molecule has 0 aromatic rings. The third-order valence-electron chi connectivity index (χ3n) is 3.03. The number of hydrogen-bond donors (Lipinski definition) is 4. The van der Waals surface area contributed by atoms with Gasteiger partial charge in [-0.25, -0.2) is 9.59 Å². The molecule has 1 fully saturated rings. The summed E-state index contributed by atoms with van der Waals surface area (Å²) in [7, 11) is 0. The first-order chi connectivity index (χ1) is 9.45. The van der Waals surface area contributed by atoms with Crippen molar-refractivity contribution in [2.45, 2.75) is 38.3 Å². The number of rotatable bonds is 6. The number of urea groups is 1. The first-order valence-corrected chi connectivity index (χ1v) is 6.67. The van der Waals surface area contributed by atoms with E-state index in [1.54, 1.807) is 0 Å². The summed E-state index contributed by atoms with van der Waals surface area (Å²) < 4.78 is 0. The predicted molar refractivity (Wildman–Crippen MR) is 70.1 cm³/mol. The fourth-order valence-electron chi connectivity index (χ4n) is 2.01. The van der Waals surface area contributed by atoms with E-state index in [1.807, 2.05) is 6.92 Å². The molecule has 8 heteroatoms. The van der Waals surface area contributed by atoms with Gasteiger partial charge in [-0.2, -0.15) is 0 Å². The van der Waals surface area contributed by atoms with Crippen molar-refractivity contribution in [2.24, 2.45) is 0 Å². The fraction of sp³-hybridized carbons (Fsp3) is 0.750. The van der Waals surface area contributed by atoms with E-state index in [0.717, 1.165) is 11.3 Å². The first-order valence-electron chi connectivity index (χ1n) is 6.67. The zero-order valence-electron chi connectivity index (χ0n) is 11.5. The van der Waals surface area contributed by atoms with Crippen LogP contribution in [0.4, 0.5) is 4.79 Å². The summed E-state index contributed by atoms with van der Waals surface area (Å²) in [6.45, 7) is 2.65. The van der Waals surface area contributed by atoms with Crippen molar-refractivity contribution in [1.29, 1.82) is 0 Å². The molecule has 1 saturated heterocycles. The number of hydrogen-bond acceptors (Lipinski definition) is 4. The monoisotopic (exact) mass is 287 g/mol. The Morgan fingerprint density at radius 3 is 2.55 bits per heavy atom. The highest BCUT2D eigenvalue weighted by Crippen LogP contribution is 2.17. The molecule has 0 radical (unpaired) electrons. The van der Waals surface area contributed by atoms with Gasteiger partial charge in [0.25, 0.3) is 0 Å². The number of nitrogens with zero attached hydrogens (tertiary/aromatic N) is 1. The van der Waals surface area contributed by atoms with Crippen molar-refractivity contribution < 1.29 is 24.6 Å². The number of aliphatic carboxylic acids is 1. The van der Waals surface area contributed by atoms with Crippen LogP contribution in [0.2, 0.25) is 0 Å². The largest absolute Gasteiger partial charge is 0.480 e. The third kappa shape index (κ3) is 4.69. The van der Waals surface area contributed by atoms with Crippen LogP contribution in [0.1, 0.15) is 26.2 Å². The van der Waals surface area contributed by atoms with Crippen LogP contribution >= 0.6 is 0 Å². The van der Waals surface area contributed by atoms with Crippen molar-refractivity contribution in [1.82, 2.24) is 15.5 Å². The van der Waals surface area contributed by atoms with Gasteiger partial charge in [0.1, 0.15) is 6.04 Å². The molecule has 1 aliphatic rings. The molecule has 0 bridgehead atoms. The van der Waals surface area contributed by atoms with Gasteiger partial charge in [0.2, 0.25) is 5.91 Å². The minimum absolute atomic E-state index is 0.00910. The van der Waals surface area contributed by atoms with Crippen LogP contribution in [0.3, 0.4) is 0 Å². The molecule has 1 aliphatic heterocycles. The zero-order chi connectivity index (χ0) is 15.1. The quantitative estimate of drug-likeness (QED) is 0.506. The number of aliphatic hydroxyl groups is 1. The highest BCUT2D eigenvalue weighted by molar-refractivity contribution is 5.84. The molecule has 0 aromatic carbocycles. The number of likely N-dealkylation sites (tertiary alicyclic amines) is 1. The molecule has 0 aliphatic carbocycles. The molecule has 0 spiro atoms. The summed E-state index contributed by atoms with van der Waals surface area (Å²) in [5.74, 6) is -1.30. The normalized spacial score (nSPS) is 21.6. The maximum atomic E-state index is 11.8. The smallest absolute Gasteiger partial charge is 0.326 e. The molecule has 0 saturated carbocycles. The van der Waals surface area contributed by atoms with E-state index in [9.17, 15) is 19.5 Å². The lowest BCUT2D eigenvalue weighted by Crippen LogP contribution is -2.46. The number of amides is 3. The number of carboxylic acid groups (broad SMARTS) is 1. The topological polar surface area (TPSA) is 119 Å². The van der Waals surface area contributed by atoms with Crippen molar-refractivity contribution >= 4 is 17.9 Å². The number of carboxylic acids is 1. The number of carbonyl (C=O) groups is 3. The maximum Gasteiger partial charge on any atom is 0.326 e. The van der Waals surface area contributed by atoms with Crippen LogP contribution in [0.5, 0.6) is 0 Å². The van der Waals surface area contributed by atoms with Crippen molar-refractivity contribution in [3.63, 3.8) is 0 Å². The lowest BCUT2D eigenvalue weighted by molar-refractivity contribution is -0.141. The molecule has 114 valence electrons. The standard InChI is InChI=1S/C12H21N3O5/c1-2-4-13-10(17)3-5-14-12(20)15-7-8(16)6-9(15)11(18)19/h8-9,16H,2-7H2,1H3,(H,13,17)(H,14,20)(H,18,19)/t8-,9-/m1/s1. The number of aliphatic hydroxyl groups excluding tert-OH is 1. The summed E-state index contributed by atoms with van der Waals surface area (Å²) in [4.78, 5) is 35.2. The Hall–Kier alpha value is -1.83. The second-order valence-electron chi connectivity index (χ2n) is 4.73. The van der Waals surface area contributed by atoms with Crippen LogP contribution < -0.4 is 10.6 Å². The van der Waals surface area contributed by atoms with Gasteiger partial charge in [0, 0.05) is 32.5 Å². The molecule has 8 nitrogen and oxygen atoms in total. The van der Waals surface area contributed by atoms with Gasteiger partial charge in [-0.15, -0.1) is 0 Å². The molecular weight excluding hydrogens is 266 g/mol. The van der Waals surface area contributed by atoms with Crippen LogP contribution in [-0.4, -0.2) is 64.8 Å². The second-order valence-corrected chi connectivity index (χ2v) is 4.73. The third-order valence-corrected chi connectivity index (χ3v) is 3.03. The fourth-order valence-corrected chi connectivity index (χ4v) is 2.01. The van der Waals surface area contributed by atoms with E-state index < -0.39 is 24.1 Å². The molecule has 3 amide bonds. The molecule has 0 unspecified atom stereocenters. The Kier molecular flexibility index (Phi) is 6.23. The Morgan fingerprint density at radius 2 is 1.95 bits per heavy atom. The van der Waals surface area contributed by atoms with Gasteiger partial charge in [0.05, 0.1) is 6.10 Å². The lowest BCUT2D eigenvalue weighted by Gasteiger charge is -2.21. The lowest BCUT2D eigenvalue weighted by atomic mass is 10.2. The summed E-state index contributed by atoms with van der Waals surface area (Å²) in [5.41, 5.74) is 0. The minimum Gasteiger partial charge on any atom is -0.480 e. The van der Waals surface area contributed by atoms with Gasteiger partial charge >= 0.3 is 12.0 Å². The highest BCUT2D eigenvalue weighted by Gasteiger charge is 2.38. The molecule has 20 heavy (non-hydrogen) atoms. The van der Waals surface area contributed by atoms with Gasteiger partial charge in [0.15, 0.2) is 0 Å². The van der Waals surface area contributed by atoms with Crippen LogP contribution in [0.15, 0.2) is 0 Å². The maximum absolute atomic E-state index is 11.8. The predicted octanol–water partition coefficient (Wildman–Crippen LogP) is -0.868. The van der Waals surface area contributed by atoms with E-state index in [-0.39, 0.29) is 31.8 Å². The SMILES string of the molecule is CCCNC(=O)CCNC(=O)N1C[C@H](O)C[C@@H]1C(=O)O. The molecule has 2 atom stereocenters. The van der Waals surface area contributed by atoms with E-state index >= 15 is 0 Å². The molecule has 0 aromatic heterocycles. The average Bonchev–Trinajstić information content (AvgIpc) is 2.78. The summed E-state index contributed by atoms with van der Waals surface area (Å²) in [6, 6.07) is -1.59. The summed E-state index contributed by atoms with van der Waals surface area (Å²) in [5, 5.41) is 23.6.